The summed E-state index contributed by atoms with van der Waals surface area (Å²) in [6.07, 6.45) is -4.28. The van der Waals surface area contributed by atoms with Crippen molar-refractivity contribution in [2.24, 2.45) is 0 Å². The van der Waals surface area contributed by atoms with Crippen molar-refractivity contribution in [2.45, 2.75) is 6.18 Å². The van der Waals surface area contributed by atoms with Crippen LogP contribution >= 0.6 is 0 Å². The number of hydrogen-bond acceptors (Lipinski definition) is 2. The minimum absolute atomic E-state index is 0.454. The maximum Gasteiger partial charge on any atom is 0.416 e. The molecule has 0 spiro atoms. The lowest BCUT2D eigenvalue weighted by molar-refractivity contribution is -0.137. The van der Waals surface area contributed by atoms with Crippen molar-refractivity contribution >= 4 is 11.4 Å². The molecule has 69 valence electrons. The molecule has 0 amide bonds. The molecule has 0 bridgehead atoms. The predicted octanol–water partition coefficient (Wildman–Crippen LogP) is 2.66. The summed E-state index contributed by atoms with van der Waals surface area (Å²) in [5, 5.41) is 5.45. The summed E-state index contributed by atoms with van der Waals surface area (Å²) in [5.74, 6) is 0. The lowest BCUT2D eigenvalue weighted by atomic mass is 10.2. The zero-order valence-electron chi connectivity index (χ0n) is 6.44. The third-order valence-corrected chi connectivity index (χ3v) is 1.80. The van der Waals surface area contributed by atoms with E-state index < -0.39 is 11.7 Å². The van der Waals surface area contributed by atoms with Crippen LogP contribution in [0.2, 0.25) is 0 Å². The second-order valence-corrected chi connectivity index (χ2v) is 2.69. The van der Waals surface area contributed by atoms with Gasteiger partial charge >= 0.3 is 6.18 Å². The Morgan fingerprint density at radius 2 is 1.69 bits per heavy atom. The molecule has 2 nitrogen and oxygen atoms in total. The lowest BCUT2D eigenvalue weighted by Crippen LogP contribution is -2.04. The van der Waals surface area contributed by atoms with Gasteiger partial charge in [-0.2, -0.15) is 13.2 Å². The first-order valence-corrected chi connectivity index (χ1v) is 3.63. The van der Waals surface area contributed by atoms with Gasteiger partial charge in [0.1, 0.15) is 6.67 Å². The quantitative estimate of drug-likeness (QED) is 0.652. The number of nitrogens with one attached hydrogen (secondary N) is 2. The predicted molar refractivity (Wildman–Crippen MR) is 43.0 cm³/mol. The molecule has 1 aromatic rings. The Balaban J connectivity index is 2.42. The minimum Gasteiger partial charge on any atom is -0.360 e. The van der Waals surface area contributed by atoms with Crippen molar-refractivity contribution in [3.63, 3.8) is 0 Å². The SMILES string of the molecule is FC(F)(F)c1ccc2c(c1)N[CH]N2. The van der Waals surface area contributed by atoms with E-state index in [2.05, 4.69) is 10.6 Å². The van der Waals surface area contributed by atoms with E-state index in [4.69, 9.17) is 0 Å². The molecule has 0 aliphatic carbocycles. The molecule has 1 radical (unpaired) electrons. The first-order valence-electron chi connectivity index (χ1n) is 3.63. The number of hydrogen-bond donors (Lipinski definition) is 2. The second-order valence-electron chi connectivity index (χ2n) is 2.69. The standard InChI is InChI=1S/C8H6F3N2/c9-8(10,11)5-1-2-6-7(3-5)13-4-12-6/h1-4,12-13H. The highest BCUT2D eigenvalue weighted by Gasteiger charge is 2.31. The average Bonchev–Trinajstić information content (AvgIpc) is 2.47. The fraction of sp³-hybridized carbons (Fsp3) is 0.125. The zero-order chi connectivity index (χ0) is 9.47. The Morgan fingerprint density at radius 1 is 1.00 bits per heavy atom. The smallest absolute Gasteiger partial charge is 0.360 e. The Bertz CT molecular complexity index is 333. The van der Waals surface area contributed by atoms with Crippen molar-refractivity contribution in [3.8, 4) is 0 Å². The molecule has 0 aromatic heterocycles. The van der Waals surface area contributed by atoms with Crippen molar-refractivity contribution in [3.05, 3.63) is 30.4 Å². The van der Waals surface area contributed by atoms with E-state index in [1.165, 1.54) is 12.7 Å². The van der Waals surface area contributed by atoms with Crippen LogP contribution in [-0.4, -0.2) is 0 Å². The lowest BCUT2D eigenvalue weighted by Gasteiger charge is -2.07. The molecule has 0 fully saturated rings. The summed E-state index contributed by atoms with van der Waals surface area (Å²) in [5.41, 5.74) is 0.471. The average molecular weight is 187 g/mol. The summed E-state index contributed by atoms with van der Waals surface area (Å²) in [4.78, 5) is 0. The summed E-state index contributed by atoms with van der Waals surface area (Å²) in [6.45, 7) is 1.49. The molecule has 1 aliphatic heterocycles. The maximum atomic E-state index is 12.2. The maximum absolute atomic E-state index is 12.2. The third-order valence-electron chi connectivity index (χ3n) is 1.80. The molecular weight excluding hydrogens is 181 g/mol. The molecule has 1 aromatic carbocycles. The van der Waals surface area contributed by atoms with Crippen LogP contribution in [0, 0.1) is 6.67 Å². The number of rotatable bonds is 0. The van der Waals surface area contributed by atoms with Gasteiger partial charge in [0.05, 0.1) is 16.9 Å². The molecular formula is C8H6F3N2. The van der Waals surface area contributed by atoms with Crippen LogP contribution in [0.4, 0.5) is 24.5 Å². The number of halogens is 3. The monoisotopic (exact) mass is 187 g/mol. The van der Waals surface area contributed by atoms with Gasteiger partial charge < -0.3 is 10.6 Å². The highest BCUT2D eigenvalue weighted by molar-refractivity contribution is 5.76. The number of anilines is 2. The van der Waals surface area contributed by atoms with Crippen molar-refractivity contribution in [1.82, 2.24) is 0 Å². The highest BCUT2D eigenvalue weighted by Crippen LogP contribution is 2.35. The third kappa shape index (κ3) is 1.41. The molecule has 0 unspecified atom stereocenters. The fourth-order valence-corrected chi connectivity index (χ4v) is 1.16. The van der Waals surface area contributed by atoms with Gasteiger partial charge in [-0.1, -0.05) is 0 Å². The largest absolute Gasteiger partial charge is 0.416 e. The van der Waals surface area contributed by atoms with E-state index in [0.717, 1.165) is 12.1 Å². The highest BCUT2D eigenvalue weighted by atomic mass is 19.4. The number of alkyl halides is 3. The summed E-state index contributed by atoms with van der Waals surface area (Å²) >= 11 is 0. The van der Waals surface area contributed by atoms with Crippen LogP contribution in [-0.2, 0) is 6.18 Å². The molecule has 13 heavy (non-hydrogen) atoms. The van der Waals surface area contributed by atoms with E-state index in [1.807, 2.05) is 0 Å². The first-order chi connectivity index (χ1) is 6.07. The van der Waals surface area contributed by atoms with Gasteiger partial charge in [-0.15, -0.1) is 0 Å². The molecule has 1 heterocycles. The van der Waals surface area contributed by atoms with Gasteiger partial charge in [0, 0.05) is 0 Å². The molecule has 0 saturated heterocycles. The summed E-state index contributed by atoms with van der Waals surface area (Å²) in [6, 6.07) is 3.52. The van der Waals surface area contributed by atoms with Gasteiger partial charge in [-0.25, -0.2) is 0 Å². The zero-order valence-corrected chi connectivity index (χ0v) is 6.44. The Morgan fingerprint density at radius 3 is 2.38 bits per heavy atom. The molecule has 1 aliphatic rings. The summed E-state index contributed by atoms with van der Waals surface area (Å²) < 4.78 is 36.6. The first kappa shape index (κ1) is 8.22. The van der Waals surface area contributed by atoms with Crippen molar-refractivity contribution < 1.29 is 13.2 Å². The van der Waals surface area contributed by atoms with Gasteiger partial charge in [0.25, 0.3) is 0 Å². The van der Waals surface area contributed by atoms with E-state index in [0.29, 0.717) is 11.4 Å². The normalized spacial score (nSPS) is 14.7. The fourth-order valence-electron chi connectivity index (χ4n) is 1.16. The van der Waals surface area contributed by atoms with Gasteiger partial charge in [0.15, 0.2) is 0 Å². The second kappa shape index (κ2) is 2.55. The Hall–Kier alpha value is -1.39. The van der Waals surface area contributed by atoms with Crippen LogP contribution in [0.25, 0.3) is 0 Å². The van der Waals surface area contributed by atoms with E-state index in [-0.39, 0.29) is 0 Å². The Kier molecular flexibility index (Phi) is 1.61. The Labute approximate surface area is 72.8 Å². The van der Waals surface area contributed by atoms with E-state index in [1.54, 1.807) is 0 Å². The van der Waals surface area contributed by atoms with Crippen LogP contribution in [0.5, 0.6) is 0 Å². The molecule has 0 atom stereocenters. The topological polar surface area (TPSA) is 24.1 Å². The molecule has 0 saturated carbocycles. The van der Waals surface area contributed by atoms with Crippen LogP contribution < -0.4 is 10.6 Å². The number of fused-ring (bicyclic) bond motifs is 1. The van der Waals surface area contributed by atoms with Crippen LogP contribution in [0.15, 0.2) is 18.2 Å². The van der Waals surface area contributed by atoms with Gasteiger partial charge in [0.2, 0.25) is 0 Å². The molecule has 5 heteroatoms. The van der Waals surface area contributed by atoms with Gasteiger partial charge in [-0.3, -0.25) is 0 Å². The molecule has 2 rings (SSSR count). The van der Waals surface area contributed by atoms with Crippen LogP contribution in [0.3, 0.4) is 0 Å². The van der Waals surface area contributed by atoms with Crippen molar-refractivity contribution in [2.75, 3.05) is 10.6 Å². The van der Waals surface area contributed by atoms with E-state index in [9.17, 15) is 13.2 Å². The molecule has 2 N–H and O–H groups in total. The van der Waals surface area contributed by atoms with E-state index >= 15 is 0 Å². The van der Waals surface area contributed by atoms with Crippen molar-refractivity contribution in [1.29, 1.82) is 0 Å². The minimum atomic E-state index is -4.28. The number of benzene rings is 1. The summed E-state index contributed by atoms with van der Waals surface area (Å²) in [7, 11) is 0. The van der Waals surface area contributed by atoms with Crippen LogP contribution in [0.1, 0.15) is 5.56 Å². The van der Waals surface area contributed by atoms with Gasteiger partial charge in [-0.05, 0) is 18.2 Å².